The Balaban J connectivity index is 2.66. The van der Waals surface area contributed by atoms with Gasteiger partial charge in [0.15, 0.2) is 6.04 Å². The topological polar surface area (TPSA) is 52.4 Å². The van der Waals surface area contributed by atoms with Crippen molar-refractivity contribution < 1.29 is 14.1 Å². The summed E-state index contributed by atoms with van der Waals surface area (Å²) in [6.45, 7) is 9.90. The minimum atomic E-state index is -1.13. The lowest BCUT2D eigenvalue weighted by molar-refractivity contribution is -0.143. The summed E-state index contributed by atoms with van der Waals surface area (Å²) >= 11 is -1.13. The van der Waals surface area contributed by atoms with Gasteiger partial charge in [0.2, 0.25) is 0 Å². The first-order valence-corrected chi connectivity index (χ1v) is 6.82. The second-order valence-corrected chi connectivity index (χ2v) is 7.04. The monoisotopic (exact) mass is 247 g/mol. The molecule has 1 rings (SSSR count). The van der Waals surface area contributed by atoms with Gasteiger partial charge in [-0.2, -0.15) is 0 Å². The molecule has 0 aromatic heterocycles. The standard InChI is InChI=1S/C11H21NO3S/c1-6-8-9(10(13)15-7-2)12(8)16(14)11(3,4)5/h8-9H,6-7H2,1-5H3/t8-,9-,12?,16?/m1/s1. The zero-order valence-electron chi connectivity index (χ0n) is 10.6. The molecule has 0 N–H and O–H groups in total. The molecule has 1 aliphatic heterocycles. The van der Waals surface area contributed by atoms with E-state index < -0.39 is 11.4 Å². The molecule has 0 bridgehead atoms. The van der Waals surface area contributed by atoms with Gasteiger partial charge in [0.05, 0.1) is 12.6 Å². The van der Waals surface area contributed by atoms with E-state index in [2.05, 4.69) is 0 Å². The number of rotatable bonds is 4. The van der Waals surface area contributed by atoms with Crippen molar-refractivity contribution in [2.45, 2.75) is 57.9 Å². The van der Waals surface area contributed by atoms with Crippen molar-refractivity contribution in [1.82, 2.24) is 4.31 Å². The SMILES string of the molecule is CCOC(=O)[C@H]1[C@@H](CC)N1[S+]([O-])C(C)(C)C. The molecule has 0 radical (unpaired) electrons. The van der Waals surface area contributed by atoms with Gasteiger partial charge in [-0.3, -0.25) is 4.79 Å². The lowest BCUT2D eigenvalue weighted by Gasteiger charge is -2.24. The van der Waals surface area contributed by atoms with E-state index in [1.807, 2.05) is 27.7 Å². The van der Waals surface area contributed by atoms with Crippen LogP contribution in [0.4, 0.5) is 0 Å². The Kier molecular flexibility index (Phi) is 4.26. The van der Waals surface area contributed by atoms with E-state index in [9.17, 15) is 9.35 Å². The summed E-state index contributed by atoms with van der Waals surface area (Å²) in [5.41, 5.74) is 0. The van der Waals surface area contributed by atoms with Crippen LogP contribution in [0.3, 0.4) is 0 Å². The third-order valence-corrected chi connectivity index (χ3v) is 4.47. The van der Waals surface area contributed by atoms with Crippen LogP contribution in [0, 0.1) is 0 Å². The molecule has 0 aliphatic carbocycles. The molecule has 1 saturated heterocycles. The van der Waals surface area contributed by atoms with Crippen molar-refractivity contribution in [1.29, 1.82) is 0 Å². The van der Waals surface area contributed by atoms with Crippen LogP contribution in [0.1, 0.15) is 41.0 Å². The number of nitrogens with zero attached hydrogens (tertiary/aromatic N) is 1. The molecule has 1 fully saturated rings. The Morgan fingerprint density at radius 2 is 2.00 bits per heavy atom. The highest BCUT2D eigenvalue weighted by Crippen LogP contribution is 2.39. The van der Waals surface area contributed by atoms with Crippen molar-refractivity contribution in [3.63, 3.8) is 0 Å². The summed E-state index contributed by atoms with van der Waals surface area (Å²) < 4.78 is 18.6. The first-order chi connectivity index (χ1) is 7.34. The molecule has 2 unspecified atom stereocenters. The van der Waals surface area contributed by atoms with Crippen LogP contribution in [0.5, 0.6) is 0 Å². The van der Waals surface area contributed by atoms with Crippen LogP contribution >= 0.6 is 0 Å². The number of ether oxygens (including phenoxy) is 1. The van der Waals surface area contributed by atoms with E-state index in [0.717, 1.165) is 6.42 Å². The lowest BCUT2D eigenvalue weighted by atomic mass is 10.2. The summed E-state index contributed by atoms with van der Waals surface area (Å²) in [6.07, 6.45) is 0.825. The summed E-state index contributed by atoms with van der Waals surface area (Å²) in [5.74, 6) is -0.244. The quantitative estimate of drug-likeness (QED) is 0.429. The van der Waals surface area contributed by atoms with E-state index in [-0.39, 0.29) is 22.8 Å². The lowest BCUT2D eigenvalue weighted by Crippen LogP contribution is -2.36. The molecule has 94 valence electrons. The van der Waals surface area contributed by atoms with Crippen molar-refractivity contribution in [3.05, 3.63) is 0 Å². The van der Waals surface area contributed by atoms with Gasteiger partial charge in [-0.15, -0.1) is 4.31 Å². The molecule has 0 saturated carbocycles. The van der Waals surface area contributed by atoms with Crippen LogP contribution in [0.2, 0.25) is 0 Å². The highest BCUT2D eigenvalue weighted by molar-refractivity contribution is 7.90. The summed E-state index contributed by atoms with van der Waals surface area (Å²) in [4.78, 5) is 11.6. The van der Waals surface area contributed by atoms with Crippen LogP contribution in [0.25, 0.3) is 0 Å². The van der Waals surface area contributed by atoms with Gasteiger partial charge in [-0.05, 0) is 34.1 Å². The van der Waals surface area contributed by atoms with Gasteiger partial charge in [0, 0.05) is 11.4 Å². The molecule has 0 amide bonds. The molecule has 0 spiro atoms. The second kappa shape index (κ2) is 4.94. The van der Waals surface area contributed by atoms with E-state index in [0.29, 0.717) is 6.61 Å². The Morgan fingerprint density at radius 3 is 2.38 bits per heavy atom. The molecule has 4 atom stereocenters. The van der Waals surface area contributed by atoms with E-state index in [4.69, 9.17) is 4.74 Å². The van der Waals surface area contributed by atoms with Gasteiger partial charge in [0.25, 0.3) is 0 Å². The molecular formula is C11H21NO3S. The smallest absolute Gasteiger partial charge is 0.329 e. The van der Waals surface area contributed by atoms with Gasteiger partial charge < -0.3 is 9.29 Å². The first kappa shape index (κ1) is 13.8. The number of hydrogen-bond acceptors (Lipinski definition) is 4. The molecule has 4 nitrogen and oxygen atoms in total. The number of hydrogen-bond donors (Lipinski definition) is 0. The zero-order valence-corrected chi connectivity index (χ0v) is 11.5. The maximum Gasteiger partial charge on any atom is 0.329 e. The minimum absolute atomic E-state index is 0.0825. The van der Waals surface area contributed by atoms with Gasteiger partial charge in [0.1, 0.15) is 4.75 Å². The van der Waals surface area contributed by atoms with Gasteiger partial charge in [-0.25, -0.2) is 0 Å². The number of carbonyl (C=O) groups excluding carboxylic acids is 1. The van der Waals surface area contributed by atoms with Gasteiger partial charge in [-0.1, -0.05) is 6.92 Å². The second-order valence-electron chi connectivity index (χ2n) is 4.89. The van der Waals surface area contributed by atoms with E-state index >= 15 is 0 Å². The van der Waals surface area contributed by atoms with Crippen molar-refractivity contribution in [3.8, 4) is 0 Å². The molecule has 1 aliphatic rings. The minimum Gasteiger partial charge on any atom is -0.597 e. The van der Waals surface area contributed by atoms with E-state index in [1.54, 1.807) is 11.2 Å². The molecular weight excluding hydrogens is 226 g/mol. The predicted octanol–water partition coefficient (Wildman–Crippen LogP) is 1.47. The fraction of sp³-hybridized carbons (Fsp3) is 0.909. The zero-order chi connectivity index (χ0) is 12.5. The fourth-order valence-electron chi connectivity index (χ4n) is 1.69. The third kappa shape index (κ3) is 2.70. The molecule has 1 heterocycles. The number of esters is 1. The highest BCUT2D eigenvalue weighted by Gasteiger charge is 2.62. The Bertz CT molecular complexity index is 264. The normalized spacial score (nSPS) is 31.0. The van der Waals surface area contributed by atoms with Crippen LogP contribution in [-0.4, -0.2) is 38.3 Å². The Hall–Kier alpha value is -0.260. The fourth-order valence-corrected chi connectivity index (χ4v) is 3.21. The molecule has 0 aromatic rings. The molecule has 16 heavy (non-hydrogen) atoms. The van der Waals surface area contributed by atoms with Gasteiger partial charge >= 0.3 is 5.97 Å². The average Bonchev–Trinajstić information content (AvgIpc) is 2.89. The Labute approximate surface area is 101 Å². The largest absolute Gasteiger partial charge is 0.597 e. The predicted molar refractivity (Wildman–Crippen MR) is 64.2 cm³/mol. The Morgan fingerprint density at radius 1 is 1.44 bits per heavy atom. The van der Waals surface area contributed by atoms with Crippen molar-refractivity contribution in [2.24, 2.45) is 0 Å². The average molecular weight is 247 g/mol. The molecule has 0 aromatic carbocycles. The molecule has 5 heteroatoms. The number of carbonyl (C=O) groups is 1. The highest BCUT2D eigenvalue weighted by atomic mass is 32.2. The van der Waals surface area contributed by atoms with Crippen molar-refractivity contribution in [2.75, 3.05) is 6.61 Å². The maximum atomic E-state index is 12.1. The summed E-state index contributed by atoms with van der Waals surface area (Å²) in [5, 5.41) is 0. The first-order valence-electron chi connectivity index (χ1n) is 5.71. The summed E-state index contributed by atoms with van der Waals surface area (Å²) in [6, 6.07) is -0.218. The summed E-state index contributed by atoms with van der Waals surface area (Å²) in [7, 11) is 0. The van der Waals surface area contributed by atoms with E-state index in [1.165, 1.54) is 0 Å². The van der Waals surface area contributed by atoms with Crippen LogP contribution < -0.4 is 0 Å². The maximum absolute atomic E-state index is 12.1. The van der Waals surface area contributed by atoms with Crippen LogP contribution in [-0.2, 0) is 20.9 Å². The van der Waals surface area contributed by atoms with Crippen molar-refractivity contribution >= 4 is 17.3 Å². The third-order valence-electron chi connectivity index (χ3n) is 2.54. The van der Waals surface area contributed by atoms with Crippen LogP contribution in [0.15, 0.2) is 0 Å².